The standard InChI is InChI=1S/C12H13NO2S/c1-2-16-10-8-11(14)13(12(10)15)9-6-4-3-5-7-9/h3-7,10H,2,8H2,1H3. The minimum Gasteiger partial charge on any atom is -0.274 e. The topological polar surface area (TPSA) is 37.4 Å². The van der Waals surface area contributed by atoms with Gasteiger partial charge in [-0.15, -0.1) is 11.8 Å². The third kappa shape index (κ3) is 1.97. The number of imide groups is 1. The van der Waals surface area contributed by atoms with Gasteiger partial charge in [-0.3, -0.25) is 9.59 Å². The Labute approximate surface area is 98.8 Å². The van der Waals surface area contributed by atoms with E-state index in [1.54, 1.807) is 12.1 Å². The van der Waals surface area contributed by atoms with Gasteiger partial charge in [0.1, 0.15) is 0 Å². The summed E-state index contributed by atoms with van der Waals surface area (Å²) in [5, 5.41) is -0.197. The van der Waals surface area contributed by atoms with Gasteiger partial charge in [-0.25, -0.2) is 4.90 Å². The maximum absolute atomic E-state index is 12.0. The van der Waals surface area contributed by atoms with E-state index in [0.717, 1.165) is 5.75 Å². The lowest BCUT2D eigenvalue weighted by atomic mass is 10.3. The molecule has 2 rings (SSSR count). The molecule has 0 spiro atoms. The molecule has 1 aromatic rings. The zero-order chi connectivity index (χ0) is 11.5. The fraction of sp³-hybridized carbons (Fsp3) is 0.333. The highest BCUT2D eigenvalue weighted by Crippen LogP contribution is 2.29. The number of hydrogen-bond acceptors (Lipinski definition) is 3. The smallest absolute Gasteiger partial charge is 0.247 e. The molecule has 3 nitrogen and oxygen atoms in total. The van der Waals surface area contributed by atoms with Crippen molar-refractivity contribution in [1.29, 1.82) is 0 Å². The Morgan fingerprint density at radius 3 is 2.62 bits per heavy atom. The number of nitrogens with zero attached hydrogens (tertiary/aromatic N) is 1. The van der Waals surface area contributed by atoms with E-state index in [9.17, 15) is 9.59 Å². The van der Waals surface area contributed by atoms with Gasteiger partial charge >= 0.3 is 0 Å². The van der Waals surface area contributed by atoms with Crippen LogP contribution < -0.4 is 4.90 Å². The van der Waals surface area contributed by atoms with E-state index in [1.165, 1.54) is 16.7 Å². The number of carbonyl (C=O) groups excluding carboxylic acids is 2. The maximum Gasteiger partial charge on any atom is 0.247 e. The van der Waals surface area contributed by atoms with Crippen molar-refractivity contribution in [2.45, 2.75) is 18.6 Å². The van der Waals surface area contributed by atoms with Crippen molar-refractivity contribution in [3.63, 3.8) is 0 Å². The van der Waals surface area contributed by atoms with Crippen LogP contribution in [0.5, 0.6) is 0 Å². The van der Waals surface area contributed by atoms with Crippen LogP contribution in [0, 0.1) is 0 Å². The van der Waals surface area contributed by atoms with E-state index < -0.39 is 0 Å². The van der Waals surface area contributed by atoms with Crippen molar-refractivity contribution < 1.29 is 9.59 Å². The molecule has 1 atom stereocenters. The molecule has 1 heterocycles. The zero-order valence-electron chi connectivity index (χ0n) is 9.05. The lowest BCUT2D eigenvalue weighted by molar-refractivity contribution is -0.121. The van der Waals surface area contributed by atoms with Crippen molar-refractivity contribution >= 4 is 29.3 Å². The average molecular weight is 235 g/mol. The second kappa shape index (κ2) is 4.70. The lowest BCUT2D eigenvalue weighted by Gasteiger charge is -2.14. The number of para-hydroxylation sites is 1. The Balaban J connectivity index is 2.23. The molecule has 1 saturated heterocycles. The summed E-state index contributed by atoms with van der Waals surface area (Å²) in [4.78, 5) is 25.1. The molecule has 1 unspecified atom stereocenters. The van der Waals surface area contributed by atoms with E-state index in [-0.39, 0.29) is 17.1 Å². The van der Waals surface area contributed by atoms with E-state index in [4.69, 9.17) is 0 Å². The molecular formula is C12H13NO2S. The summed E-state index contributed by atoms with van der Waals surface area (Å²) in [7, 11) is 0. The van der Waals surface area contributed by atoms with Gasteiger partial charge in [0.05, 0.1) is 10.9 Å². The normalized spacial score (nSPS) is 20.6. The first-order chi connectivity index (χ1) is 7.74. The van der Waals surface area contributed by atoms with Crippen molar-refractivity contribution in [2.75, 3.05) is 10.7 Å². The third-order valence-corrected chi connectivity index (χ3v) is 3.59. The second-order valence-corrected chi connectivity index (χ2v) is 5.03. The van der Waals surface area contributed by atoms with Crippen molar-refractivity contribution in [1.82, 2.24) is 0 Å². The lowest BCUT2D eigenvalue weighted by Crippen LogP contribution is -2.31. The SMILES string of the molecule is CCSC1CC(=O)N(c2ccccc2)C1=O. The van der Waals surface area contributed by atoms with Gasteiger partial charge in [-0.05, 0) is 17.9 Å². The Hall–Kier alpha value is -1.29. The first-order valence-electron chi connectivity index (χ1n) is 5.27. The Kier molecular flexibility index (Phi) is 3.29. The highest BCUT2D eigenvalue weighted by atomic mass is 32.2. The Morgan fingerprint density at radius 2 is 2.00 bits per heavy atom. The highest BCUT2D eigenvalue weighted by molar-refractivity contribution is 8.00. The van der Waals surface area contributed by atoms with Gasteiger partial charge < -0.3 is 0 Å². The van der Waals surface area contributed by atoms with Gasteiger partial charge in [-0.1, -0.05) is 25.1 Å². The predicted molar refractivity (Wildman–Crippen MR) is 65.5 cm³/mol. The summed E-state index contributed by atoms with van der Waals surface area (Å²) in [6, 6.07) is 9.10. The van der Waals surface area contributed by atoms with Crippen LogP contribution in [0.25, 0.3) is 0 Å². The molecule has 0 N–H and O–H groups in total. The molecule has 0 saturated carbocycles. The van der Waals surface area contributed by atoms with Crippen molar-refractivity contribution in [3.8, 4) is 0 Å². The number of carbonyl (C=O) groups is 2. The van der Waals surface area contributed by atoms with E-state index in [0.29, 0.717) is 12.1 Å². The van der Waals surface area contributed by atoms with E-state index in [2.05, 4.69) is 0 Å². The van der Waals surface area contributed by atoms with Gasteiger partial charge in [0, 0.05) is 6.42 Å². The van der Waals surface area contributed by atoms with Gasteiger partial charge in [-0.2, -0.15) is 0 Å². The zero-order valence-corrected chi connectivity index (χ0v) is 9.87. The summed E-state index contributed by atoms with van der Waals surface area (Å²) >= 11 is 1.54. The fourth-order valence-electron chi connectivity index (χ4n) is 1.78. The average Bonchev–Trinajstić information content (AvgIpc) is 2.56. The van der Waals surface area contributed by atoms with Crippen LogP contribution in [0.2, 0.25) is 0 Å². The molecule has 2 amide bonds. The number of benzene rings is 1. The fourth-order valence-corrected chi connectivity index (χ4v) is 2.69. The molecule has 1 fully saturated rings. The number of anilines is 1. The van der Waals surface area contributed by atoms with Crippen LogP contribution in [0.4, 0.5) is 5.69 Å². The first kappa shape index (κ1) is 11.2. The molecule has 1 aliphatic rings. The minimum atomic E-state index is -0.197. The highest BCUT2D eigenvalue weighted by Gasteiger charge is 2.39. The van der Waals surface area contributed by atoms with Gasteiger partial charge in [0.2, 0.25) is 11.8 Å². The van der Waals surface area contributed by atoms with Crippen molar-refractivity contribution in [2.24, 2.45) is 0 Å². The molecule has 0 radical (unpaired) electrons. The Bertz CT molecular complexity index is 405. The molecule has 0 bridgehead atoms. The number of amides is 2. The first-order valence-corrected chi connectivity index (χ1v) is 6.32. The monoisotopic (exact) mass is 235 g/mol. The van der Waals surface area contributed by atoms with Gasteiger partial charge in [0.25, 0.3) is 0 Å². The number of thioether (sulfide) groups is 1. The van der Waals surface area contributed by atoms with E-state index in [1.807, 2.05) is 25.1 Å². The third-order valence-electron chi connectivity index (χ3n) is 2.49. The molecule has 1 aliphatic heterocycles. The van der Waals surface area contributed by atoms with E-state index >= 15 is 0 Å². The summed E-state index contributed by atoms with van der Waals surface area (Å²) < 4.78 is 0. The summed E-state index contributed by atoms with van der Waals surface area (Å²) in [5.74, 6) is 0.678. The molecule has 16 heavy (non-hydrogen) atoms. The summed E-state index contributed by atoms with van der Waals surface area (Å²) in [6.45, 7) is 1.99. The largest absolute Gasteiger partial charge is 0.274 e. The molecular weight excluding hydrogens is 222 g/mol. The predicted octanol–water partition coefficient (Wildman–Crippen LogP) is 2.07. The molecule has 4 heteroatoms. The number of rotatable bonds is 3. The molecule has 0 aromatic heterocycles. The van der Waals surface area contributed by atoms with Crippen LogP contribution in [0.3, 0.4) is 0 Å². The van der Waals surface area contributed by atoms with Crippen LogP contribution in [0.1, 0.15) is 13.3 Å². The Morgan fingerprint density at radius 1 is 1.31 bits per heavy atom. The van der Waals surface area contributed by atoms with Crippen LogP contribution in [-0.4, -0.2) is 22.8 Å². The quantitative estimate of drug-likeness (QED) is 0.753. The second-order valence-electron chi connectivity index (χ2n) is 3.55. The molecule has 0 aliphatic carbocycles. The van der Waals surface area contributed by atoms with Gasteiger partial charge in [0.15, 0.2) is 0 Å². The van der Waals surface area contributed by atoms with Crippen LogP contribution >= 0.6 is 11.8 Å². The summed E-state index contributed by atoms with van der Waals surface area (Å²) in [5.41, 5.74) is 0.678. The van der Waals surface area contributed by atoms with Crippen LogP contribution in [-0.2, 0) is 9.59 Å². The summed E-state index contributed by atoms with van der Waals surface area (Å²) in [6.07, 6.45) is 0.326. The maximum atomic E-state index is 12.0. The minimum absolute atomic E-state index is 0.0805. The molecule has 84 valence electrons. The van der Waals surface area contributed by atoms with Crippen molar-refractivity contribution in [3.05, 3.63) is 30.3 Å². The number of hydrogen-bond donors (Lipinski definition) is 0. The van der Waals surface area contributed by atoms with Crippen LogP contribution in [0.15, 0.2) is 30.3 Å². The molecule has 1 aromatic carbocycles.